The molecule has 62 valence electrons. The number of halogens is 1. The summed E-state index contributed by atoms with van der Waals surface area (Å²) in [5, 5.41) is 15.4. The molecule has 7 heteroatoms. The molecule has 11 heavy (non-hydrogen) atoms. The molecule has 1 rings (SSSR count). The van der Waals surface area contributed by atoms with Crippen LogP contribution in [0.3, 0.4) is 0 Å². The first-order valence-electron chi connectivity index (χ1n) is 3.04. The number of hydrogen-bond acceptors (Lipinski definition) is 4. The lowest BCUT2D eigenvalue weighted by atomic mass is 10.7. The third-order valence-corrected chi connectivity index (χ3v) is 1.72. The largest absolute Gasteiger partial charge is 0.257 e. The summed E-state index contributed by atoms with van der Waals surface area (Å²) in [4.78, 5) is 10.2. The van der Waals surface area contributed by atoms with Crippen LogP contribution in [0.4, 0.5) is 0 Å². The summed E-state index contributed by atoms with van der Waals surface area (Å²) in [6.45, 7) is 2.37. The van der Waals surface area contributed by atoms with Gasteiger partial charge in [0.25, 0.3) is 5.62 Å². The Morgan fingerprint density at radius 1 is 1.91 bits per heavy atom. The van der Waals surface area contributed by atoms with E-state index in [9.17, 15) is 10.1 Å². The molecule has 1 heterocycles. The first-order chi connectivity index (χ1) is 5.16. The van der Waals surface area contributed by atoms with Gasteiger partial charge in [-0.1, -0.05) is 11.6 Å². The summed E-state index contributed by atoms with van der Waals surface area (Å²) >= 11 is 5.62. The van der Waals surface area contributed by atoms with Crippen LogP contribution in [0.25, 0.3) is 0 Å². The van der Waals surface area contributed by atoms with Crippen LogP contribution in [0, 0.1) is 10.1 Å². The Kier molecular flexibility index (Phi) is 2.13. The Morgan fingerprint density at radius 3 is 2.82 bits per heavy atom. The second kappa shape index (κ2) is 2.91. The van der Waals surface area contributed by atoms with Crippen LogP contribution in [-0.4, -0.2) is 33.6 Å². The summed E-state index contributed by atoms with van der Waals surface area (Å²) in [6, 6.07) is 0. The van der Waals surface area contributed by atoms with Crippen molar-refractivity contribution in [1.29, 1.82) is 0 Å². The SMILES string of the molecule is CCN1N=CN([N+](=O)[O-])C1Cl. The third kappa shape index (κ3) is 1.35. The van der Waals surface area contributed by atoms with E-state index >= 15 is 0 Å². The van der Waals surface area contributed by atoms with E-state index in [1.54, 1.807) is 0 Å². The summed E-state index contributed by atoms with van der Waals surface area (Å²) in [5.74, 6) is 0. The molecule has 0 bridgehead atoms. The molecule has 0 aliphatic carbocycles. The first kappa shape index (κ1) is 8.06. The van der Waals surface area contributed by atoms with Crippen LogP contribution in [-0.2, 0) is 0 Å². The molecule has 0 aromatic carbocycles. The molecule has 0 saturated heterocycles. The first-order valence-corrected chi connectivity index (χ1v) is 3.48. The number of rotatable bonds is 2. The molecule has 0 N–H and O–H groups in total. The molecule has 6 nitrogen and oxygen atoms in total. The van der Waals surface area contributed by atoms with Gasteiger partial charge in [0.05, 0.1) is 0 Å². The van der Waals surface area contributed by atoms with Crippen LogP contribution in [0.1, 0.15) is 6.92 Å². The molecule has 0 saturated carbocycles. The van der Waals surface area contributed by atoms with E-state index in [-0.39, 0.29) is 0 Å². The minimum atomic E-state index is -0.796. The average molecular weight is 179 g/mol. The topological polar surface area (TPSA) is 62.0 Å². The van der Waals surface area contributed by atoms with Gasteiger partial charge in [0.2, 0.25) is 0 Å². The molecule has 1 atom stereocenters. The summed E-state index contributed by atoms with van der Waals surface area (Å²) in [7, 11) is 0. The number of nitro groups is 1. The van der Waals surface area contributed by atoms with Gasteiger partial charge in [0, 0.05) is 6.54 Å². The highest BCUT2D eigenvalue weighted by Gasteiger charge is 2.32. The molecular weight excluding hydrogens is 172 g/mol. The molecule has 0 fully saturated rings. The zero-order valence-corrected chi connectivity index (χ0v) is 6.60. The summed E-state index contributed by atoms with van der Waals surface area (Å²) in [5.41, 5.74) is -0.796. The van der Waals surface area contributed by atoms with E-state index in [1.165, 1.54) is 5.01 Å². The van der Waals surface area contributed by atoms with E-state index in [2.05, 4.69) is 5.10 Å². The fraction of sp³-hybridized carbons (Fsp3) is 0.750. The Balaban J connectivity index is 2.63. The normalized spacial score (nSPS) is 22.9. The summed E-state index contributed by atoms with van der Waals surface area (Å²) in [6.07, 6.45) is 1.10. The standard InChI is InChI=1S/C4H7ClN4O2/c1-2-7-4(5)8(3-6-7)9(10)11/h3-4H,2H2,1H3. The monoisotopic (exact) mass is 178 g/mol. The maximum absolute atomic E-state index is 10.2. The molecule has 0 amide bonds. The molecule has 1 aliphatic heterocycles. The molecule has 0 aromatic rings. The quantitative estimate of drug-likeness (QED) is 0.264. The zero-order chi connectivity index (χ0) is 8.43. The Morgan fingerprint density at radius 2 is 2.55 bits per heavy atom. The Hall–Kier alpha value is -1.04. The van der Waals surface area contributed by atoms with Gasteiger partial charge in [0.15, 0.2) is 11.4 Å². The van der Waals surface area contributed by atoms with Crippen molar-refractivity contribution in [3.05, 3.63) is 10.1 Å². The fourth-order valence-electron chi connectivity index (χ4n) is 0.718. The van der Waals surface area contributed by atoms with Crippen molar-refractivity contribution in [3.63, 3.8) is 0 Å². The van der Waals surface area contributed by atoms with Gasteiger partial charge in [-0.05, 0) is 11.9 Å². The van der Waals surface area contributed by atoms with Crippen LogP contribution < -0.4 is 0 Å². The smallest absolute Gasteiger partial charge is 0.254 e. The van der Waals surface area contributed by atoms with Crippen molar-refractivity contribution in [2.75, 3.05) is 6.54 Å². The van der Waals surface area contributed by atoms with Gasteiger partial charge in [-0.3, -0.25) is 5.01 Å². The van der Waals surface area contributed by atoms with Crippen molar-refractivity contribution < 1.29 is 5.03 Å². The highest BCUT2D eigenvalue weighted by atomic mass is 35.5. The second-order valence-electron chi connectivity index (χ2n) is 1.92. The minimum absolute atomic E-state index is 0.551. The molecular formula is C4H7ClN4O2. The van der Waals surface area contributed by atoms with Crippen molar-refractivity contribution in [1.82, 2.24) is 10.0 Å². The van der Waals surface area contributed by atoms with Crippen molar-refractivity contribution in [3.8, 4) is 0 Å². The van der Waals surface area contributed by atoms with Gasteiger partial charge < -0.3 is 0 Å². The van der Waals surface area contributed by atoms with E-state index in [0.717, 1.165) is 11.3 Å². The van der Waals surface area contributed by atoms with E-state index in [1.807, 2.05) is 6.92 Å². The molecule has 0 spiro atoms. The van der Waals surface area contributed by atoms with Gasteiger partial charge in [-0.25, -0.2) is 10.1 Å². The number of hydrogen-bond donors (Lipinski definition) is 0. The van der Waals surface area contributed by atoms with Gasteiger partial charge >= 0.3 is 0 Å². The minimum Gasteiger partial charge on any atom is -0.254 e. The van der Waals surface area contributed by atoms with Gasteiger partial charge in [0.1, 0.15) is 0 Å². The van der Waals surface area contributed by atoms with Crippen molar-refractivity contribution >= 4 is 17.9 Å². The molecule has 1 unspecified atom stereocenters. The van der Waals surface area contributed by atoms with E-state index in [0.29, 0.717) is 6.54 Å². The van der Waals surface area contributed by atoms with E-state index < -0.39 is 10.7 Å². The predicted octanol–water partition coefficient (Wildman–Crippen LogP) is 0.281. The van der Waals surface area contributed by atoms with E-state index in [4.69, 9.17) is 11.6 Å². The lowest BCUT2D eigenvalue weighted by Crippen LogP contribution is -2.38. The zero-order valence-electron chi connectivity index (χ0n) is 5.85. The van der Waals surface area contributed by atoms with Crippen molar-refractivity contribution in [2.24, 2.45) is 5.10 Å². The molecule has 0 radical (unpaired) electrons. The summed E-state index contributed by atoms with van der Waals surface area (Å²) < 4.78 is 0. The van der Waals surface area contributed by atoms with Crippen LogP contribution in [0.5, 0.6) is 0 Å². The maximum Gasteiger partial charge on any atom is 0.257 e. The number of hydrazine groups is 1. The highest BCUT2D eigenvalue weighted by Crippen LogP contribution is 2.14. The predicted molar refractivity (Wildman–Crippen MR) is 39.3 cm³/mol. The Labute approximate surface area is 68.1 Å². The lowest BCUT2D eigenvalue weighted by molar-refractivity contribution is -0.632. The molecule has 0 aromatic heterocycles. The third-order valence-electron chi connectivity index (χ3n) is 1.30. The number of nitrogens with zero attached hydrogens (tertiary/aromatic N) is 4. The van der Waals surface area contributed by atoms with Crippen LogP contribution >= 0.6 is 11.6 Å². The fourth-order valence-corrected chi connectivity index (χ4v) is 1.03. The van der Waals surface area contributed by atoms with Gasteiger partial charge in [-0.2, -0.15) is 5.10 Å². The van der Waals surface area contributed by atoms with Crippen molar-refractivity contribution in [2.45, 2.75) is 12.5 Å². The van der Waals surface area contributed by atoms with Crippen LogP contribution in [0.2, 0.25) is 0 Å². The average Bonchev–Trinajstić information content (AvgIpc) is 2.30. The van der Waals surface area contributed by atoms with Gasteiger partial charge in [-0.15, -0.1) is 0 Å². The lowest BCUT2D eigenvalue weighted by Gasteiger charge is -2.16. The Bertz CT molecular complexity index is 197. The molecule has 1 aliphatic rings. The highest BCUT2D eigenvalue weighted by molar-refractivity contribution is 6.20. The number of hydrazone groups is 1. The van der Waals surface area contributed by atoms with Crippen LogP contribution in [0.15, 0.2) is 5.10 Å². The number of alkyl halides is 1. The second-order valence-corrected chi connectivity index (χ2v) is 2.31. The maximum atomic E-state index is 10.2.